The summed E-state index contributed by atoms with van der Waals surface area (Å²) in [5.74, 6) is -1.86. The third kappa shape index (κ3) is 2.95. The van der Waals surface area contributed by atoms with Crippen LogP contribution in [0.4, 0.5) is 14.5 Å². The summed E-state index contributed by atoms with van der Waals surface area (Å²) in [6, 6.07) is 10.5. The lowest BCUT2D eigenvalue weighted by atomic mass is 10.2. The van der Waals surface area contributed by atoms with Gasteiger partial charge in [0, 0.05) is 55.0 Å². The van der Waals surface area contributed by atoms with Crippen LogP contribution in [0.5, 0.6) is 0 Å². The van der Waals surface area contributed by atoms with Crippen LogP contribution in [-0.2, 0) is 10.0 Å². The zero-order valence-electron chi connectivity index (χ0n) is 13.8. The first kappa shape index (κ1) is 17.0. The minimum absolute atomic E-state index is 0.240. The van der Waals surface area contributed by atoms with Crippen molar-refractivity contribution in [2.24, 2.45) is 0 Å². The van der Waals surface area contributed by atoms with Crippen molar-refractivity contribution >= 4 is 26.6 Å². The molecule has 0 radical (unpaired) electrons. The molecule has 1 fully saturated rings. The molecule has 0 unspecified atom stereocenters. The van der Waals surface area contributed by atoms with Crippen LogP contribution in [0.15, 0.2) is 53.6 Å². The SMILES string of the molecule is O=S(=O)(c1ccc(F)cc1F)N1CCN(c2ccc3[nH]ccc3c2)CC1. The van der Waals surface area contributed by atoms with Gasteiger partial charge in [0.1, 0.15) is 16.5 Å². The predicted octanol–water partition coefficient (Wildman–Crippen LogP) is 2.96. The van der Waals surface area contributed by atoms with E-state index < -0.39 is 26.6 Å². The summed E-state index contributed by atoms with van der Waals surface area (Å²) in [5, 5.41) is 1.09. The minimum Gasteiger partial charge on any atom is -0.369 e. The molecule has 1 aliphatic heterocycles. The lowest BCUT2D eigenvalue weighted by Gasteiger charge is -2.35. The van der Waals surface area contributed by atoms with Crippen molar-refractivity contribution in [2.75, 3.05) is 31.1 Å². The number of H-pyrrole nitrogens is 1. The molecule has 0 bridgehead atoms. The Morgan fingerprint density at radius 2 is 1.69 bits per heavy atom. The Labute approximate surface area is 149 Å². The molecular formula is C18H17F2N3O2S. The van der Waals surface area contributed by atoms with Crippen LogP contribution in [0, 0.1) is 11.6 Å². The third-order valence-electron chi connectivity index (χ3n) is 4.65. The van der Waals surface area contributed by atoms with Gasteiger partial charge in [0.05, 0.1) is 0 Å². The number of piperazine rings is 1. The van der Waals surface area contributed by atoms with E-state index >= 15 is 0 Å². The van der Waals surface area contributed by atoms with Crippen molar-refractivity contribution in [3.63, 3.8) is 0 Å². The molecule has 26 heavy (non-hydrogen) atoms. The van der Waals surface area contributed by atoms with E-state index in [0.717, 1.165) is 28.7 Å². The number of nitrogens with one attached hydrogen (secondary N) is 1. The summed E-state index contributed by atoms with van der Waals surface area (Å²) in [6.45, 7) is 1.48. The Kier molecular flexibility index (Phi) is 4.16. The maximum absolute atomic E-state index is 13.9. The molecule has 1 N–H and O–H groups in total. The third-order valence-corrected chi connectivity index (χ3v) is 6.58. The molecule has 0 amide bonds. The molecule has 2 aromatic carbocycles. The molecule has 0 saturated carbocycles. The molecule has 1 aromatic heterocycles. The first-order valence-corrected chi connectivity index (χ1v) is 9.66. The van der Waals surface area contributed by atoms with Crippen LogP contribution in [0.3, 0.4) is 0 Å². The van der Waals surface area contributed by atoms with Gasteiger partial charge in [-0.1, -0.05) is 0 Å². The zero-order chi connectivity index (χ0) is 18.3. The van der Waals surface area contributed by atoms with Gasteiger partial charge < -0.3 is 9.88 Å². The zero-order valence-corrected chi connectivity index (χ0v) is 14.6. The van der Waals surface area contributed by atoms with Crippen molar-refractivity contribution < 1.29 is 17.2 Å². The summed E-state index contributed by atoms with van der Waals surface area (Å²) in [5.41, 5.74) is 2.06. The molecule has 136 valence electrons. The summed E-state index contributed by atoms with van der Waals surface area (Å²) >= 11 is 0. The quantitative estimate of drug-likeness (QED) is 0.764. The second-order valence-corrected chi connectivity index (χ2v) is 8.12. The van der Waals surface area contributed by atoms with E-state index in [1.54, 1.807) is 0 Å². The summed E-state index contributed by atoms with van der Waals surface area (Å²) in [7, 11) is -3.98. The summed E-state index contributed by atoms with van der Waals surface area (Å²) in [6.07, 6.45) is 1.87. The molecular weight excluding hydrogens is 360 g/mol. The van der Waals surface area contributed by atoms with Crippen LogP contribution in [0.1, 0.15) is 0 Å². The van der Waals surface area contributed by atoms with Gasteiger partial charge >= 0.3 is 0 Å². The van der Waals surface area contributed by atoms with E-state index in [1.165, 1.54) is 4.31 Å². The fourth-order valence-corrected chi connectivity index (χ4v) is 4.72. The van der Waals surface area contributed by atoms with Gasteiger partial charge in [-0.2, -0.15) is 4.31 Å². The number of sulfonamides is 1. The van der Waals surface area contributed by atoms with Gasteiger partial charge in [0.2, 0.25) is 10.0 Å². The lowest BCUT2D eigenvalue weighted by molar-refractivity contribution is 0.382. The highest BCUT2D eigenvalue weighted by Gasteiger charge is 2.30. The Balaban J connectivity index is 1.52. The average molecular weight is 377 g/mol. The summed E-state index contributed by atoms with van der Waals surface area (Å²) < 4.78 is 53.5. The van der Waals surface area contributed by atoms with E-state index in [2.05, 4.69) is 16.0 Å². The van der Waals surface area contributed by atoms with Crippen LogP contribution < -0.4 is 4.90 Å². The molecule has 1 saturated heterocycles. The van der Waals surface area contributed by atoms with Crippen LogP contribution >= 0.6 is 0 Å². The summed E-state index contributed by atoms with van der Waals surface area (Å²) in [4.78, 5) is 4.75. The standard InChI is InChI=1S/C18H17F2N3O2S/c19-14-1-4-18(16(20)12-14)26(24,25)23-9-7-22(8-10-23)15-2-3-17-13(11-15)5-6-21-17/h1-6,11-12,21H,7-10H2. The molecule has 4 rings (SSSR count). The molecule has 8 heteroatoms. The Bertz CT molecular complexity index is 1060. The highest BCUT2D eigenvalue weighted by atomic mass is 32.2. The fraction of sp³-hybridized carbons (Fsp3) is 0.222. The molecule has 5 nitrogen and oxygen atoms in total. The number of fused-ring (bicyclic) bond motifs is 1. The predicted molar refractivity (Wildman–Crippen MR) is 95.6 cm³/mol. The number of benzene rings is 2. The molecule has 0 aliphatic carbocycles. The number of rotatable bonds is 3. The topological polar surface area (TPSA) is 56.4 Å². The van der Waals surface area contributed by atoms with Crippen LogP contribution in [-0.4, -0.2) is 43.9 Å². The second kappa shape index (κ2) is 6.37. The van der Waals surface area contributed by atoms with E-state index in [1.807, 2.05) is 24.4 Å². The van der Waals surface area contributed by atoms with Gasteiger partial charge in [-0.25, -0.2) is 17.2 Å². The molecule has 0 atom stereocenters. The first-order chi connectivity index (χ1) is 12.4. The van der Waals surface area contributed by atoms with E-state index in [0.29, 0.717) is 19.2 Å². The Morgan fingerprint density at radius 1 is 0.923 bits per heavy atom. The monoisotopic (exact) mass is 377 g/mol. The van der Waals surface area contributed by atoms with E-state index in [-0.39, 0.29) is 13.1 Å². The number of hydrogen-bond donors (Lipinski definition) is 1. The van der Waals surface area contributed by atoms with Crippen molar-refractivity contribution in [3.05, 3.63) is 60.3 Å². The van der Waals surface area contributed by atoms with Gasteiger partial charge in [0.25, 0.3) is 0 Å². The van der Waals surface area contributed by atoms with Crippen molar-refractivity contribution in [2.45, 2.75) is 4.90 Å². The van der Waals surface area contributed by atoms with Crippen molar-refractivity contribution in [3.8, 4) is 0 Å². The molecule has 0 spiro atoms. The smallest absolute Gasteiger partial charge is 0.246 e. The molecule has 2 heterocycles. The number of hydrogen-bond acceptors (Lipinski definition) is 3. The number of halogens is 2. The highest BCUT2D eigenvalue weighted by molar-refractivity contribution is 7.89. The van der Waals surface area contributed by atoms with Crippen molar-refractivity contribution in [1.82, 2.24) is 9.29 Å². The number of anilines is 1. The fourth-order valence-electron chi connectivity index (χ4n) is 3.25. The van der Waals surface area contributed by atoms with Gasteiger partial charge in [-0.3, -0.25) is 0 Å². The van der Waals surface area contributed by atoms with Gasteiger partial charge in [0.15, 0.2) is 0 Å². The van der Waals surface area contributed by atoms with Crippen LogP contribution in [0.25, 0.3) is 10.9 Å². The van der Waals surface area contributed by atoms with E-state index in [4.69, 9.17) is 0 Å². The maximum Gasteiger partial charge on any atom is 0.246 e. The van der Waals surface area contributed by atoms with E-state index in [9.17, 15) is 17.2 Å². The Morgan fingerprint density at radius 3 is 2.42 bits per heavy atom. The molecule has 1 aliphatic rings. The Hall–Kier alpha value is -2.45. The highest BCUT2D eigenvalue weighted by Crippen LogP contribution is 2.25. The lowest BCUT2D eigenvalue weighted by Crippen LogP contribution is -2.48. The van der Waals surface area contributed by atoms with Crippen LogP contribution in [0.2, 0.25) is 0 Å². The number of nitrogens with zero attached hydrogens (tertiary/aromatic N) is 2. The normalized spacial score (nSPS) is 16.3. The first-order valence-electron chi connectivity index (χ1n) is 8.22. The number of aromatic amines is 1. The molecule has 3 aromatic rings. The second-order valence-electron chi connectivity index (χ2n) is 6.22. The van der Waals surface area contributed by atoms with Gasteiger partial charge in [-0.15, -0.1) is 0 Å². The van der Waals surface area contributed by atoms with Crippen molar-refractivity contribution in [1.29, 1.82) is 0 Å². The largest absolute Gasteiger partial charge is 0.369 e. The number of aromatic nitrogens is 1. The minimum atomic E-state index is -3.98. The van der Waals surface area contributed by atoms with Gasteiger partial charge in [-0.05, 0) is 36.4 Å². The average Bonchev–Trinajstić information content (AvgIpc) is 3.09. The maximum atomic E-state index is 13.9.